The number of aryl methyl sites for hydroxylation is 1. The molecule has 2 rings (SSSR count). The van der Waals surface area contributed by atoms with Gasteiger partial charge in [-0.05, 0) is 25.0 Å². The molecule has 1 aliphatic heterocycles. The molecular formula is C14H23N3. The highest BCUT2D eigenvalue weighted by Crippen LogP contribution is 2.19. The molecule has 1 N–H and O–H groups in total. The van der Waals surface area contributed by atoms with E-state index in [9.17, 15) is 0 Å². The van der Waals surface area contributed by atoms with E-state index in [4.69, 9.17) is 0 Å². The van der Waals surface area contributed by atoms with Gasteiger partial charge in [0.2, 0.25) is 0 Å². The van der Waals surface area contributed by atoms with Gasteiger partial charge in [0.15, 0.2) is 0 Å². The summed E-state index contributed by atoms with van der Waals surface area (Å²) in [5, 5.41) is 3.60. The van der Waals surface area contributed by atoms with E-state index >= 15 is 0 Å². The van der Waals surface area contributed by atoms with Crippen molar-refractivity contribution in [2.45, 2.75) is 45.7 Å². The Morgan fingerprint density at radius 1 is 1.47 bits per heavy atom. The minimum atomic E-state index is 0.570. The molecule has 0 radical (unpaired) electrons. The molecule has 0 aromatic carbocycles. The van der Waals surface area contributed by atoms with Gasteiger partial charge in [0.25, 0.3) is 0 Å². The van der Waals surface area contributed by atoms with E-state index in [1.54, 1.807) is 0 Å². The van der Waals surface area contributed by atoms with Gasteiger partial charge in [-0.3, -0.25) is 4.98 Å². The van der Waals surface area contributed by atoms with E-state index in [0.29, 0.717) is 12.1 Å². The van der Waals surface area contributed by atoms with Crippen LogP contribution in [-0.4, -0.2) is 30.2 Å². The number of anilines is 1. The standard InChI is InChI=1S/C14H23N3/c1-4-12-5-6-14(9-15-12)17-8-7-13(10-17)16-11(2)3/h5-6,9,11,13,16H,4,7-8,10H2,1-3H3/t13-/m1/s1. The molecule has 94 valence electrons. The van der Waals surface area contributed by atoms with Crippen molar-refractivity contribution in [1.82, 2.24) is 10.3 Å². The van der Waals surface area contributed by atoms with Crippen LogP contribution in [0.15, 0.2) is 18.3 Å². The molecule has 0 spiro atoms. The van der Waals surface area contributed by atoms with Crippen LogP contribution in [0.1, 0.15) is 32.9 Å². The lowest BCUT2D eigenvalue weighted by Crippen LogP contribution is -2.37. The third-order valence-electron chi connectivity index (χ3n) is 3.29. The Kier molecular flexibility index (Phi) is 4.00. The fourth-order valence-electron chi connectivity index (χ4n) is 2.42. The van der Waals surface area contributed by atoms with Crippen molar-refractivity contribution in [1.29, 1.82) is 0 Å². The molecule has 1 fully saturated rings. The van der Waals surface area contributed by atoms with Crippen molar-refractivity contribution in [3.8, 4) is 0 Å². The minimum Gasteiger partial charge on any atom is -0.369 e. The van der Waals surface area contributed by atoms with Crippen LogP contribution in [0.4, 0.5) is 5.69 Å². The molecule has 0 unspecified atom stereocenters. The maximum atomic E-state index is 4.47. The molecule has 17 heavy (non-hydrogen) atoms. The van der Waals surface area contributed by atoms with Gasteiger partial charge < -0.3 is 10.2 Å². The number of aromatic nitrogens is 1. The van der Waals surface area contributed by atoms with Crippen LogP contribution in [0.2, 0.25) is 0 Å². The van der Waals surface area contributed by atoms with Gasteiger partial charge in [-0.1, -0.05) is 20.8 Å². The van der Waals surface area contributed by atoms with Gasteiger partial charge >= 0.3 is 0 Å². The predicted octanol–water partition coefficient (Wildman–Crippen LogP) is 2.22. The number of rotatable bonds is 4. The molecule has 2 heterocycles. The van der Waals surface area contributed by atoms with Gasteiger partial charge in [-0.2, -0.15) is 0 Å². The summed E-state index contributed by atoms with van der Waals surface area (Å²) in [5.74, 6) is 0. The maximum absolute atomic E-state index is 4.47. The summed E-state index contributed by atoms with van der Waals surface area (Å²) in [4.78, 5) is 6.89. The average Bonchev–Trinajstić information content (AvgIpc) is 2.77. The molecule has 1 aromatic rings. The van der Waals surface area contributed by atoms with Gasteiger partial charge in [-0.25, -0.2) is 0 Å². The second kappa shape index (κ2) is 5.50. The largest absolute Gasteiger partial charge is 0.369 e. The van der Waals surface area contributed by atoms with Crippen molar-refractivity contribution < 1.29 is 0 Å². The van der Waals surface area contributed by atoms with Crippen molar-refractivity contribution in [2.24, 2.45) is 0 Å². The minimum absolute atomic E-state index is 0.570. The molecule has 3 nitrogen and oxygen atoms in total. The monoisotopic (exact) mass is 233 g/mol. The lowest BCUT2D eigenvalue weighted by atomic mass is 10.2. The number of hydrogen-bond acceptors (Lipinski definition) is 3. The average molecular weight is 233 g/mol. The van der Waals surface area contributed by atoms with E-state index in [1.807, 2.05) is 6.20 Å². The van der Waals surface area contributed by atoms with Crippen molar-refractivity contribution in [3.63, 3.8) is 0 Å². The molecule has 1 saturated heterocycles. The number of hydrogen-bond donors (Lipinski definition) is 1. The first kappa shape index (κ1) is 12.4. The molecule has 0 amide bonds. The predicted molar refractivity (Wildman–Crippen MR) is 72.5 cm³/mol. The lowest BCUT2D eigenvalue weighted by Gasteiger charge is -2.20. The second-order valence-electron chi connectivity index (χ2n) is 5.11. The maximum Gasteiger partial charge on any atom is 0.0553 e. The van der Waals surface area contributed by atoms with Crippen LogP contribution in [0.25, 0.3) is 0 Å². The third-order valence-corrected chi connectivity index (χ3v) is 3.29. The molecule has 3 heteroatoms. The first-order chi connectivity index (χ1) is 8.19. The molecule has 1 atom stereocenters. The van der Waals surface area contributed by atoms with Crippen molar-refractivity contribution >= 4 is 5.69 Å². The summed E-state index contributed by atoms with van der Waals surface area (Å²) in [7, 11) is 0. The van der Waals surface area contributed by atoms with Crippen LogP contribution in [0, 0.1) is 0 Å². The van der Waals surface area contributed by atoms with Gasteiger partial charge in [0.1, 0.15) is 0 Å². The molecule has 0 saturated carbocycles. The lowest BCUT2D eigenvalue weighted by molar-refractivity contribution is 0.492. The first-order valence-corrected chi connectivity index (χ1v) is 6.65. The van der Waals surface area contributed by atoms with Crippen molar-refractivity contribution in [2.75, 3.05) is 18.0 Å². The summed E-state index contributed by atoms with van der Waals surface area (Å²) in [6.07, 6.45) is 4.25. The van der Waals surface area contributed by atoms with Crippen LogP contribution in [0.5, 0.6) is 0 Å². The highest BCUT2D eigenvalue weighted by atomic mass is 15.2. The Balaban J connectivity index is 1.95. The van der Waals surface area contributed by atoms with Crippen LogP contribution >= 0.6 is 0 Å². The number of nitrogens with zero attached hydrogens (tertiary/aromatic N) is 2. The Bertz CT molecular complexity index is 345. The zero-order valence-corrected chi connectivity index (χ0v) is 11.1. The molecule has 1 aromatic heterocycles. The van der Waals surface area contributed by atoms with E-state index in [2.05, 4.69) is 48.1 Å². The first-order valence-electron chi connectivity index (χ1n) is 6.65. The zero-order valence-electron chi connectivity index (χ0n) is 11.1. The van der Waals surface area contributed by atoms with Crippen LogP contribution in [-0.2, 0) is 6.42 Å². The topological polar surface area (TPSA) is 28.2 Å². The zero-order chi connectivity index (χ0) is 12.3. The molecular weight excluding hydrogens is 210 g/mol. The Morgan fingerprint density at radius 3 is 2.88 bits per heavy atom. The van der Waals surface area contributed by atoms with Crippen LogP contribution in [0.3, 0.4) is 0 Å². The summed E-state index contributed by atoms with van der Waals surface area (Å²) in [5.41, 5.74) is 2.43. The highest BCUT2D eigenvalue weighted by molar-refractivity contribution is 5.46. The quantitative estimate of drug-likeness (QED) is 0.864. The van der Waals surface area contributed by atoms with Gasteiger partial charge in [0.05, 0.1) is 11.9 Å². The van der Waals surface area contributed by atoms with Crippen molar-refractivity contribution in [3.05, 3.63) is 24.0 Å². The van der Waals surface area contributed by atoms with E-state index < -0.39 is 0 Å². The summed E-state index contributed by atoms with van der Waals surface area (Å²) in [6, 6.07) is 5.53. The Hall–Kier alpha value is -1.09. The summed E-state index contributed by atoms with van der Waals surface area (Å²) in [6.45, 7) is 8.80. The normalized spacial score (nSPS) is 20.2. The smallest absolute Gasteiger partial charge is 0.0553 e. The Morgan fingerprint density at radius 2 is 2.29 bits per heavy atom. The fraction of sp³-hybridized carbons (Fsp3) is 0.643. The SMILES string of the molecule is CCc1ccc(N2CC[C@@H](NC(C)C)C2)cn1. The third kappa shape index (κ3) is 3.19. The highest BCUT2D eigenvalue weighted by Gasteiger charge is 2.22. The van der Waals surface area contributed by atoms with Gasteiger partial charge in [-0.15, -0.1) is 0 Å². The summed E-state index contributed by atoms with van der Waals surface area (Å²) < 4.78 is 0. The Labute approximate surface area is 104 Å². The van der Waals surface area contributed by atoms with E-state index in [-0.39, 0.29) is 0 Å². The van der Waals surface area contributed by atoms with E-state index in [0.717, 1.165) is 19.5 Å². The second-order valence-corrected chi connectivity index (χ2v) is 5.11. The molecule has 0 bridgehead atoms. The summed E-state index contributed by atoms with van der Waals surface area (Å²) >= 11 is 0. The molecule has 0 aliphatic carbocycles. The van der Waals surface area contributed by atoms with Crippen LogP contribution < -0.4 is 10.2 Å². The van der Waals surface area contributed by atoms with E-state index in [1.165, 1.54) is 17.8 Å². The molecule has 1 aliphatic rings. The number of pyridine rings is 1. The van der Waals surface area contributed by atoms with Gasteiger partial charge in [0, 0.05) is 30.9 Å². The fourth-order valence-corrected chi connectivity index (χ4v) is 2.42. The number of nitrogens with one attached hydrogen (secondary N) is 1.